The number of piperidine rings is 1. The van der Waals surface area contributed by atoms with Gasteiger partial charge in [-0.2, -0.15) is 0 Å². The molecule has 1 fully saturated rings. The van der Waals surface area contributed by atoms with E-state index in [2.05, 4.69) is 20.5 Å². The lowest BCUT2D eigenvalue weighted by Crippen LogP contribution is -2.41. The van der Waals surface area contributed by atoms with Gasteiger partial charge in [-0.05, 0) is 25.9 Å². The largest absolute Gasteiger partial charge is 0.476 e. The van der Waals surface area contributed by atoms with Gasteiger partial charge in [0.15, 0.2) is 5.69 Å². The topological polar surface area (TPSA) is 94.6 Å². The van der Waals surface area contributed by atoms with Crippen LogP contribution in [-0.2, 0) is 6.54 Å². The summed E-state index contributed by atoms with van der Waals surface area (Å²) >= 11 is 1.22. The summed E-state index contributed by atoms with van der Waals surface area (Å²) in [6.45, 7) is 3.95. The van der Waals surface area contributed by atoms with Crippen molar-refractivity contribution in [1.82, 2.24) is 20.5 Å². The fourth-order valence-electron chi connectivity index (χ4n) is 2.22. The number of aromatic carboxylic acids is 1. The number of urea groups is 1. The zero-order chi connectivity index (χ0) is 15.1. The van der Waals surface area contributed by atoms with Crippen LogP contribution in [0.5, 0.6) is 0 Å². The molecular weight excluding hydrogens is 292 g/mol. The number of carboxylic acid groups (broad SMARTS) is 1. The maximum Gasteiger partial charge on any atom is 0.355 e. The van der Waals surface area contributed by atoms with E-state index in [-0.39, 0.29) is 18.3 Å². The van der Waals surface area contributed by atoms with E-state index in [0.29, 0.717) is 11.6 Å². The van der Waals surface area contributed by atoms with Crippen LogP contribution in [0, 0.1) is 0 Å². The third-order valence-electron chi connectivity index (χ3n) is 3.33. The molecule has 7 nitrogen and oxygen atoms in total. The highest BCUT2D eigenvalue weighted by Crippen LogP contribution is 2.09. The maximum atomic E-state index is 11.6. The molecule has 0 spiro atoms. The van der Waals surface area contributed by atoms with E-state index in [1.54, 1.807) is 0 Å². The first kappa shape index (κ1) is 15.7. The number of carbonyl (C=O) groups excluding carboxylic acids is 1. The lowest BCUT2D eigenvalue weighted by atomic mass is 10.1. The minimum absolute atomic E-state index is 0.0160. The molecule has 21 heavy (non-hydrogen) atoms. The minimum atomic E-state index is -1.05. The van der Waals surface area contributed by atoms with E-state index in [1.807, 2.05) is 0 Å². The molecule has 2 heterocycles. The molecule has 0 unspecified atom stereocenters. The molecule has 0 saturated carbocycles. The first-order valence-corrected chi connectivity index (χ1v) is 7.95. The molecule has 1 aliphatic rings. The number of carbonyl (C=O) groups is 2. The number of rotatable bonds is 6. The summed E-state index contributed by atoms with van der Waals surface area (Å²) in [7, 11) is 0. The van der Waals surface area contributed by atoms with E-state index in [9.17, 15) is 9.59 Å². The second-order valence-electron chi connectivity index (χ2n) is 4.94. The Morgan fingerprint density at radius 1 is 1.29 bits per heavy atom. The van der Waals surface area contributed by atoms with Crippen LogP contribution in [0.2, 0.25) is 0 Å². The van der Waals surface area contributed by atoms with Gasteiger partial charge in [-0.25, -0.2) is 14.6 Å². The summed E-state index contributed by atoms with van der Waals surface area (Å²) in [5.74, 6) is -1.05. The number of aromatic nitrogens is 1. The van der Waals surface area contributed by atoms with Crippen LogP contribution in [-0.4, -0.2) is 53.2 Å². The van der Waals surface area contributed by atoms with Gasteiger partial charge in [0.25, 0.3) is 0 Å². The summed E-state index contributed by atoms with van der Waals surface area (Å²) in [6.07, 6.45) is 3.78. The number of likely N-dealkylation sites (tertiary alicyclic amines) is 1. The zero-order valence-electron chi connectivity index (χ0n) is 11.8. The number of hydrogen-bond donors (Lipinski definition) is 3. The second kappa shape index (κ2) is 7.94. The average molecular weight is 312 g/mol. The van der Waals surface area contributed by atoms with Gasteiger partial charge < -0.3 is 20.6 Å². The Labute approximate surface area is 127 Å². The third kappa shape index (κ3) is 5.31. The summed E-state index contributed by atoms with van der Waals surface area (Å²) in [4.78, 5) is 28.6. The summed E-state index contributed by atoms with van der Waals surface area (Å²) in [5, 5.41) is 16.3. The lowest BCUT2D eigenvalue weighted by Gasteiger charge is -2.26. The van der Waals surface area contributed by atoms with Gasteiger partial charge >= 0.3 is 12.0 Å². The molecule has 2 rings (SSSR count). The molecule has 1 aromatic heterocycles. The van der Waals surface area contributed by atoms with Crippen molar-refractivity contribution >= 4 is 23.3 Å². The van der Waals surface area contributed by atoms with Crippen molar-refractivity contribution < 1.29 is 14.7 Å². The molecule has 3 N–H and O–H groups in total. The Morgan fingerprint density at radius 3 is 2.71 bits per heavy atom. The van der Waals surface area contributed by atoms with Crippen molar-refractivity contribution in [3.63, 3.8) is 0 Å². The van der Waals surface area contributed by atoms with Crippen LogP contribution >= 0.6 is 11.3 Å². The average Bonchev–Trinajstić information content (AvgIpc) is 2.95. The Kier molecular flexibility index (Phi) is 5.94. The highest BCUT2D eigenvalue weighted by Gasteiger charge is 2.11. The molecular formula is C13H20N4O3S. The minimum Gasteiger partial charge on any atom is -0.476 e. The normalized spacial score (nSPS) is 15.6. The smallest absolute Gasteiger partial charge is 0.355 e. The molecule has 2 amide bonds. The Balaban J connectivity index is 1.61. The van der Waals surface area contributed by atoms with Crippen molar-refractivity contribution in [2.75, 3.05) is 26.2 Å². The number of nitrogens with zero attached hydrogens (tertiary/aromatic N) is 2. The number of thiazole rings is 1. The van der Waals surface area contributed by atoms with Gasteiger partial charge in [0.1, 0.15) is 5.01 Å². The van der Waals surface area contributed by atoms with Crippen LogP contribution < -0.4 is 10.6 Å². The second-order valence-corrected chi connectivity index (χ2v) is 5.89. The van der Waals surface area contributed by atoms with Gasteiger partial charge in [0, 0.05) is 18.5 Å². The van der Waals surface area contributed by atoms with Crippen LogP contribution in [0.25, 0.3) is 0 Å². The molecule has 0 bridgehead atoms. The summed E-state index contributed by atoms with van der Waals surface area (Å²) in [6, 6.07) is -0.251. The Bertz CT molecular complexity index is 486. The van der Waals surface area contributed by atoms with E-state index in [1.165, 1.54) is 36.0 Å². The van der Waals surface area contributed by atoms with E-state index in [0.717, 1.165) is 19.6 Å². The number of carboxylic acids is 1. The van der Waals surface area contributed by atoms with Gasteiger partial charge in [-0.3, -0.25) is 0 Å². The maximum absolute atomic E-state index is 11.6. The highest BCUT2D eigenvalue weighted by molar-refractivity contribution is 7.09. The molecule has 0 aliphatic carbocycles. The SMILES string of the molecule is O=C(NCCN1CCCCC1)NCc1nc(C(=O)O)cs1. The number of hydrogen-bond acceptors (Lipinski definition) is 5. The van der Waals surface area contributed by atoms with Gasteiger partial charge in [0.2, 0.25) is 0 Å². The monoisotopic (exact) mass is 312 g/mol. The number of amides is 2. The Hall–Kier alpha value is -1.67. The quantitative estimate of drug-likeness (QED) is 0.732. The summed E-state index contributed by atoms with van der Waals surface area (Å²) in [5.41, 5.74) is 0.0160. The molecule has 8 heteroatoms. The van der Waals surface area contributed by atoms with Crippen LogP contribution in [0.1, 0.15) is 34.8 Å². The van der Waals surface area contributed by atoms with E-state index < -0.39 is 5.97 Å². The first-order valence-electron chi connectivity index (χ1n) is 7.07. The van der Waals surface area contributed by atoms with Crippen LogP contribution in [0.15, 0.2) is 5.38 Å². The van der Waals surface area contributed by atoms with Crippen LogP contribution in [0.3, 0.4) is 0 Å². The highest BCUT2D eigenvalue weighted by atomic mass is 32.1. The van der Waals surface area contributed by atoms with Gasteiger partial charge in [-0.1, -0.05) is 6.42 Å². The van der Waals surface area contributed by atoms with Crippen molar-refractivity contribution in [2.24, 2.45) is 0 Å². The van der Waals surface area contributed by atoms with Gasteiger partial charge in [-0.15, -0.1) is 11.3 Å². The molecule has 0 radical (unpaired) electrons. The van der Waals surface area contributed by atoms with E-state index >= 15 is 0 Å². The van der Waals surface area contributed by atoms with Gasteiger partial charge in [0.05, 0.1) is 6.54 Å². The number of nitrogens with one attached hydrogen (secondary N) is 2. The third-order valence-corrected chi connectivity index (χ3v) is 4.18. The lowest BCUT2D eigenvalue weighted by molar-refractivity contribution is 0.0691. The van der Waals surface area contributed by atoms with Crippen molar-refractivity contribution in [3.05, 3.63) is 16.1 Å². The van der Waals surface area contributed by atoms with Crippen molar-refractivity contribution in [3.8, 4) is 0 Å². The first-order chi connectivity index (χ1) is 10.1. The predicted octanol–water partition coefficient (Wildman–Crippen LogP) is 1.13. The van der Waals surface area contributed by atoms with Crippen molar-refractivity contribution in [2.45, 2.75) is 25.8 Å². The van der Waals surface area contributed by atoms with Crippen molar-refractivity contribution in [1.29, 1.82) is 0 Å². The summed E-state index contributed by atoms with van der Waals surface area (Å²) < 4.78 is 0. The molecule has 1 aromatic rings. The molecule has 0 atom stereocenters. The molecule has 1 saturated heterocycles. The fourth-order valence-corrected chi connectivity index (χ4v) is 2.93. The standard InChI is InChI=1S/C13H20N4O3S/c18-12(19)10-9-21-11(16-10)8-15-13(20)14-4-7-17-5-2-1-3-6-17/h9H,1-8H2,(H,18,19)(H2,14,15,20). The fraction of sp³-hybridized carbons (Fsp3) is 0.615. The zero-order valence-corrected chi connectivity index (χ0v) is 12.6. The van der Waals surface area contributed by atoms with Crippen LogP contribution in [0.4, 0.5) is 4.79 Å². The predicted molar refractivity (Wildman–Crippen MR) is 79.6 cm³/mol. The molecule has 116 valence electrons. The Morgan fingerprint density at radius 2 is 2.05 bits per heavy atom. The molecule has 0 aromatic carbocycles. The van der Waals surface area contributed by atoms with E-state index in [4.69, 9.17) is 5.11 Å². The molecule has 1 aliphatic heterocycles.